The molecule has 1 atom stereocenters. The van der Waals surface area contributed by atoms with Crippen LogP contribution in [0.2, 0.25) is 0 Å². The maximum Gasteiger partial charge on any atom is 1.00 e. The second-order valence-corrected chi connectivity index (χ2v) is 6.61. The fraction of sp³-hybridized carbons (Fsp3) is 0.333. The third-order valence-corrected chi connectivity index (χ3v) is 4.78. The van der Waals surface area contributed by atoms with Gasteiger partial charge in [0.1, 0.15) is 5.75 Å². The smallest absolute Gasteiger partial charge is 1.00 e. The Labute approximate surface area is 144 Å². The number of hydrogen-bond acceptors (Lipinski definition) is 3. The number of benzene rings is 2. The average Bonchev–Trinajstić information content (AvgIpc) is 2.39. The van der Waals surface area contributed by atoms with Crippen LogP contribution in [0, 0.1) is 0 Å². The van der Waals surface area contributed by atoms with Crippen LogP contribution in [-0.4, -0.2) is 13.7 Å². The Bertz CT molecular complexity index is 668. The van der Waals surface area contributed by atoms with Crippen LogP contribution in [0.3, 0.4) is 0 Å². The molecule has 0 aliphatic heterocycles. The van der Waals surface area contributed by atoms with Gasteiger partial charge in [-0.25, -0.2) is 0 Å². The zero-order chi connectivity index (χ0) is 13.9. The van der Waals surface area contributed by atoms with Crippen molar-refractivity contribution in [1.29, 1.82) is 0 Å². The maximum absolute atomic E-state index is 12.1. The molecule has 20 heavy (non-hydrogen) atoms. The molecule has 0 saturated heterocycles. The molecule has 0 heterocycles. The van der Waals surface area contributed by atoms with Crippen molar-refractivity contribution in [2.24, 2.45) is 0 Å². The minimum atomic E-state index is -3.57. The number of fused-ring (bicyclic) bond motifs is 1. The van der Waals surface area contributed by atoms with E-state index in [9.17, 15) is 8.42 Å². The van der Waals surface area contributed by atoms with Gasteiger partial charge in [0.05, 0.1) is 5.25 Å². The van der Waals surface area contributed by atoms with Crippen molar-refractivity contribution in [2.75, 3.05) is 0 Å². The zero-order valence-corrected chi connectivity index (χ0v) is 15.0. The Hall–Kier alpha value is -0.550. The van der Waals surface area contributed by atoms with Gasteiger partial charge in [-0.15, -0.1) is 0 Å². The van der Waals surface area contributed by atoms with Crippen molar-refractivity contribution in [1.82, 2.24) is 0 Å². The molecule has 1 unspecified atom stereocenters. The summed E-state index contributed by atoms with van der Waals surface area (Å²) in [5, 5.41) is 1.30. The molecule has 0 N–H and O–H groups in total. The predicted molar refractivity (Wildman–Crippen MR) is 79.0 cm³/mol. The van der Waals surface area contributed by atoms with E-state index in [4.69, 9.17) is 4.18 Å². The first-order valence-electron chi connectivity index (χ1n) is 6.45. The summed E-state index contributed by atoms with van der Waals surface area (Å²) in [6.07, 6.45) is 1.42. The number of hydrogen-bond donors (Lipinski definition) is 0. The topological polar surface area (TPSA) is 43.4 Å². The van der Waals surface area contributed by atoms with E-state index in [1.165, 1.54) is 0 Å². The van der Waals surface area contributed by atoms with Crippen LogP contribution in [0.1, 0.15) is 28.1 Å². The quantitative estimate of drug-likeness (QED) is 0.607. The van der Waals surface area contributed by atoms with Gasteiger partial charge in [-0.2, -0.15) is 8.42 Å². The molecule has 0 fully saturated rings. The second-order valence-electron chi connectivity index (χ2n) is 4.65. The van der Waals surface area contributed by atoms with Gasteiger partial charge in [0.15, 0.2) is 0 Å². The standard InChI is InChI=1S/C15H18O3S.Na.H/c1-3-7-12(2)19(16,17)18-15-11-6-9-13-8-4-5-10-14(13)15;;/h4-6,8-12H,3,7H2,1-2H3;;/q;+1;-1. The molecule has 0 saturated carbocycles. The molecule has 5 heteroatoms. The Morgan fingerprint density at radius 2 is 1.80 bits per heavy atom. The van der Waals surface area contributed by atoms with E-state index < -0.39 is 15.4 Å². The van der Waals surface area contributed by atoms with Crippen LogP contribution in [-0.2, 0) is 10.1 Å². The van der Waals surface area contributed by atoms with Gasteiger partial charge in [0, 0.05) is 5.39 Å². The molecule has 3 nitrogen and oxygen atoms in total. The molecule has 2 rings (SSSR count). The van der Waals surface area contributed by atoms with E-state index >= 15 is 0 Å². The summed E-state index contributed by atoms with van der Waals surface area (Å²) in [4.78, 5) is 0. The molecule has 0 aromatic heterocycles. The van der Waals surface area contributed by atoms with Crippen molar-refractivity contribution in [3.8, 4) is 5.75 Å². The predicted octanol–water partition coefficient (Wildman–Crippen LogP) is 0.853. The van der Waals surface area contributed by atoms with E-state index in [-0.39, 0.29) is 31.0 Å². The van der Waals surface area contributed by atoms with Crippen molar-refractivity contribution >= 4 is 20.9 Å². The van der Waals surface area contributed by atoms with Crippen LogP contribution in [0.4, 0.5) is 0 Å². The Morgan fingerprint density at radius 3 is 2.50 bits per heavy atom. The number of rotatable bonds is 5. The van der Waals surface area contributed by atoms with E-state index in [1.807, 2.05) is 37.3 Å². The first-order chi connectivity index (χ1) is 9.04. The van der Waals surface area contributed by atoms with E-state index in [0.29, 0.717) is 12.2 Å². The second kappa shape index (κ2) is 7.46. The monoisotopic (exact) mass is 302 g/mol. The van der Waals surface area contributed by atoms with Crippen molar-refractivity contribution in [2.45, 2.75) is 31.9 Å². The SMILES string of the molecule is CCCC(C)S(=O)(=O)Oc1cccc2ccccc12.[H-].[Na+]. The molecule has 2 aromatic rings. The van der Waals surface area contributed by atoms with Gasteiger partial charge in [0.2, 0.25) is 0 Å². The molecule has 2 aromatic carbocycles. The molecule has 104 valence electrons. The summed E-state index contributed by atoms with van der Waals surface area (Å²) in [5.74, 6) is 0.404. The van der Waals surface area contributed by atoms with Gasteiger partial charge in [-0.3, -0.25) is 0 Å². The van der Waals surface area contributed by atoms with E-state index in [2.05, 4.69) is 0 Å². The summed E-state index contributed by atoms with van der Waals surface area (Å²) in [6, 6.07) is 13.0. The summed E-state index contributed by atoms with van der Waals surface area (Å²) >= 11 is 0. The van der Waals surface area contributed by atoms with Crippen LogP contribution in [0.25, 0.3) is 10.8 Å². The first-order valence-corrected chi connectivity index (χ1v) is 7.93. The van der Waals surface area contributed by atoms with E-state index in [1.54, 1.807) is 19.1 Å². The molecule has 0 aliphatic rings. The van der Waals surface area contributed by atoms with E-state index in [0.717, 1.165) is 17.2 Å². The van der Waals surface area contributed by atoms with Crippen LogP contribution < -0.4 is 33.7 Å². The molecular formula is C15H19NaO3S. The van der Waals surface area contributed by atoms with Gasteiger partial charge >= 0.3 is 39.7 Å². The average molecular weight is 302 g/mol. The fourth-order valence-corrected chi connectivity index (χ4v) is 3.11. The van der Waals surface area contributed by atoms with Crippen LogP contribution in [0.15, 0.2) is 42.5 Å². The largest absolute Gasteiger partial charge is 1.00 e. The minimum Gasteiger partial charge on any atom is -1.00 e. The van der Waals surface area contributed by atoms with Crippen LogP contribution >= 0.6 is 0 Å². The third-order valence-electron chi connectivity index (χ3n) is 3.14. The molecular weight excluding hydrogens is 283 g/mol. The van der Waals surface area contributed by atoms with Gasteiger partial charge in [-0.1, -0.05) is 49.7 Å². The van der Waals surface area contributed by atoms with Crippen molar-refractivity contribution in [3.05, 3.63) is 42.5 Å². The summed E-state index contributed by atoms with van der Waals surface area (Å²) in [5.41, 5.74) is 0. The third kappa shape index (κ3) is 3.98. The summed E-state index contributed by atoms with van der Waals surface area (Å²) in [6.45, 7) is 3.65. The molecule has 0 aliphatic carbocycles. The minimum absolute atomic E-state index is 0. The zero-order valence-electron chi connectivity index (χ0n) is 13.2. The van der Waals surface area contributed by atoms with Gasteiger partial charge in [0.25, 0.3) is 0 Å². The molecule has 0 spiro atoms. The first kappa shape index (κ1) is 17.5. The Kier molecular flexibility index (Phi) is 6.52. The molecule has 0 radical (unpaired) electrons. The Morgan fingerprint density at radius 1 is 1.15 bits per heavy atom. The molecule has 0 bridgehead atoms. The Balaban J connectivity index is 0.00000200. The van der Waals surface area contributed by atoms with Gasteiger partial charge in [-0.05, 0) is 24.8 Å². The fourth-order valence-electron chi connectivity index (χ4n) is 2.03. The van der Waals surface area contributed by atoms with Gasteiger partial charge < -0.3 is 5.61 Å². The van der Waals surface area contributed by atoms with Crippen LogP contribution in [0.5, 0.6) is 5.75 Å². The van der Waals surface area contributed by atoms with Crippen molar-refractivity contribution in [3.63, 3.8) is 0 Å². The van der Waals surface area contributed by atoms with Crippen molar-refractivity contribution < 1.29 is 43.6 Å². The normalized spacial score (nSPS) is 12.7. The summed E-state index contributed by atoms with van der Waals surface area (Å²) < 4.78 is 29.5. The molecule has 0 amide bonds. The maximum atomic E-state index is 12.1. The summed E-state index contributed by atoms with van der Waals surface area (Å²) in [7, 11) is -3.57.